The lowest BCUT2D eigenvalue weighted by molar-refractivity contribution is -0.117. The minimum atomic E-state index is 0.0368. The number of nitrogens with one attached hydrogen (secondary N) is 2. The van der Waals surface area contributed by atoms with Gasteiger partial charge in [-0.1, -0.05) is 6.07 Å². The molecule has 2 N–H and O–H groups in total. The van der Waals surface area contributed by atoms with Gasteiger partial charge < -0.3 is 10.6 Å². The van der Waals surface area contributed by atoms with Gasteiger partial charge in [0.2, 0.25) is 5.91 Å². The average Bonchev–Trinajstić information content (AvgIpc) is 2.88. The maximum Gasteiger partial charge on any atom is 0.244 e. The standard InChI is InChI=1S/C15H20N2OS/c18-14(5-4-13-3-1-10-19-13)17-12-6-9-16-15(11-12)7-2-8-15/h1,3-5,10,12,16H,2,6-9,11H2,(H,17,18)/b5-4+. The number of amides is 1. The van der Waals surface area contributed by atoms with E-state index in [1.165, 1.54) is 19.3 Å². The highest BCUT2D eigenvalue weighted by Crippen LogP contribution is 2.38. The van der Waals surface area contributed by atoms with E-state index in [4.69, 9.17) is 0 Å². The molecule has 1 amide bonds. The molecule has 102 valence electrons. The van der Waals surface area contributed by atoms with Gasteiger partial charge >= 0.3 is 0 Å². The second-order valence-electron chi connectivity index (χ2n) is 5.61. The summed E-state index contributed by atoms with van der Waals surface area (Å²) in [6, 6.07) is 4.35. The molecule has 1 aromatic heterocycles. The first kappa shape index (κ1) is 12.9. The molecule has 0 bridgehead atoms. The topological polar surface area (TPSA) is 41.1 Å². The Hall–Kier alpha value is -1.13. The summed E-state index contributed by atoms with van der Waals surface area (Å²) in [7, 11) is 0. The third-order valence-electron chi connectivity index (χ3n) is 4.23. The van der Waals surface area contributed by atoms with E-state index < -0.39 is 0 Å². The third-order valence-corrected chi connectivity index (χ3v) is 5.07. The van der Waals surface area contributed by atoms with E-state index in [2.05, 4.69) is 10.6 Å². The minimum Gasteiger partial charge on any atom is -0.350 e. The summed E-state index contributed by atoms with van der Waals surface area (Å²) in [6.45, 7) is 1.03. The molecule has 0 aromatic carbocycles. The monoisotopic (exact) mass is 276 g/mol. The van der Waals surface area contributed by atoms with Gasteiger partial charge in [0.25, 0.3) is 0 Å². The third kappa shape index (κ3) is 3.07. The van der Waals surface area contributed by atoms with Gasteiger partial charge in [0.05, 0.1) is 0 Å². The molecule has 3 rings (SSSR count). The van der Waals surface area contributed by atoms with Crippen molar-refractivity contribution in [1.82, 2.24) is 10.6 Å². The fraction of sp³-hybridized carbons (Fsp3) is 0.533. The Balaban J connectivity index is 1.51. The molecule has 1 atom stereocenters. The molecule has 1 saturated carbocycles. The molecule has 0 radical (unpaired) electrons. The summed E-state index contributed by atoms with van der Waals surface area (Å²) >= 11 is 1.65. The SMILES string of the molecule is O=C(/C=C/c1cccs1)NC1CCNC2(CCC2)C1. The van der Waals surface area contributed by atoms with Crippen LogP contribution in [0.1, 0.15) is 37.0 Å². The Morgan fingerprint density at radius 2 is 2.42 bits per heavy atom. The van der Waals surface area contributed by atoms with Crippen LogP contribution in [0, 0.1) is 0 Å². The minimum absolute atomic E-state index is 0.0368. The highest BCUT2D eigenvalue weighted by molar-refractivity contribution is 7.10. The van der Waals surface area contributed by atoms with Gasteiger partial charge in [0, 0.05) is 22.5 Å². The number of carbonyl (C=O) groups excluding carboxylic acids is 1. The highest BCUT2D eigenvalue weighted by atomic mass is 32.1. The molecule has 2 fully saturated rings. The van der Waals surface area contributed by atoms with Crippen molar-refractivity contribution >= 4 is 23.3 Å². The quantitative estimate of drug-likeness (QED) is 0.833. The number of piperidine rings is 1. The molecular formula is C15H20N2OS. The second kappa shape index (κ2) is 5.47. The van der Waals surface area contributed by atoms with Gasteiger partial charge in [0.15, 0.2) is 0 Å². The molecule has 3 nitrogen and oxygen atoms in total. The Morgan fingerprint density at radius 3 is 3.11 bits per heavy atom. The lowest BCUT2D eigenvalue weighted by atomic mass is 9.70. The lowest BCUT2D eigenvalue weighted by Crippen LogP contribution is -2.59. The molecule has 1 aliphatic heterocycles. The Morgan fingerprint density at radius 1 is 1.53 bits per heavy atom. The van der Waals surface area contributed by atoms with Gasteiger partial charge in [-0.15, -0.1) is 11.3 Å². The molecule has 1 aliphatic carbocycles. The van der Waals surface area contributed by atoms with Crippen LogP contribution < -0.4 is 10.6 Å². The van der Waals surface area contributed by atoms with Crippen molar-refractivity contribution in [1.29, 1.82) is 0 Å². The van der Waals surface area contributed by atoms with Gasteiger partial charge in [0.1, 0.15) is 0 Å². The number of hydrogen-bond donors (Lipinski definition) is 2. The van der Waals surface area contributed by atoms with Crippen LogP contribution in [0.15, 0.2) is 23.6 Å². The zero-order valence-electron chi connectivity index (χ0n) is 11.0. The molecule has 2 aliphatic rings. The van der Waals surface area contributed by atoms with Crippen LogP contribution in [-0.2, 0) is 4.79 Å². The predicted molar refractivity (Wildman–Crippen MR) is 79.1 cm³/mol. The molecule has 19 heavy (non-hydrogen) atoms. The van der Waals surface area contributed by atoms with Gasteiger partial charge in [-0.2, -0.15) is 0 Å². The number of carbonyl (C=O) groups is 1. The van der Waals surface area contributed by atoms with Crippen molar-refractivity contribution in [3.63, 3.8) is 0 Å². The zero-order chi connectivity index (χ0) is 13.1. The normalized spacial score (nSPS) is 25.4. The van der Waals surface area contributed by atoms with E-state index in [9.17, 15) is 4.79 Å². The summed E-state index contributed by atoms with van der Waals surface area (Å²) in [5.74, 6) is 0.0368. The maximum absolute atomic E-state index is 11.9. The van der Waals surface area contributed by atoms with Gasteiger partial charge in [-0.3, -0.25) is 4.79 Å². The second-order valence-corrected chi connectivity index (χ2v) is 6.59. The van der Waals surface area contributed by atoms with E-state index in [-0.39, 0.29) is 5.91 Å². The van der Waals surface area contributed by atoms with E-state index in [1.54, 1.807) is 17.4 Å². The molecule has 1 saturated heterocycles. The first-order valence-corrected chi connectivity index (χ1v) is 7.91. The number of hydrogen-bond acceptors (Lipinski definition) is 3. The molecule has 1 unspecified atom stereocenters. The van der Waals surface area contributed by atoms with Crippen molar-refractivity contribution in [2.75, 3.05) is 6.54 Å². The van der Waals surface area contributed by atoms with Crippen molar-refractivity contribution in [3.8, 4) is 0 Å². The van der Waals surface area contributed by atoms with Crippen LogP contribution in [0.2, 0.25) is 0 Å². The average molecular weight is 276 g/mol. The van der Waals surface area contributed by atoms with Gasteiger partial charge in [-0.05, 0) is 56.2 Å². The number of rotatable bonds is 3. The Kier molecular flexibility index (Phi) is 3.71. The summed E-state index contributed by atoms with van der Waals surface area (Å²) in [4.78, 5) is 13.0. The van der Waals surface area contributed by atoms with Crippen LogP contribution in [0.5, 0.6) is 0 Å². The van der Waals surface area contributed by atoms with Crippen LogP contribution in [0.4, 0.5) is 0 Å². The van der Waals surface area contributed by atoms with Crippen molar-refractivity contribution < 1.29 is 4.79 Å². The Bertz CT molecular complexity index is 462. The largest absolute Gasteiger partial charge is 0.350 e. The van der Waals surface area contributed by atoms with Crippen LogP contribution >= 0.6 is 11.3 Å². The zero-order valence-corrected chi connectivity index (χ0v) is 11.8. The first-order valence-electron chi connectivity index (χ1n) is 7.03. The first-order chi connectivity index (χ1) is 9.26. The molecule has 1 spiro atoms. The van der Waals surface area contributed by atoms with Gasteiger partial charge in [-0.25, -0.2) is 0 Å². The molecule has 2 heterocycles. The lowest BCUT2D eigenvalue weighted by Gasteiger charge is -2.48. The van der Waals surface area contributed by atoms with Crippen molar-refractivity contribution in [3.05, 3.63) is 28.5 Å². The predicted octanol–water partition coefficient (Wildman–Crippen LogP) is 2.55. The molecule has 4 heteroatoms. The van der Waals surface area contributed by atoms with Crippen molar-refractivity contribution in [2.45, 2.75) is 43.7 Å². The summed E-state index contributed by atoms with van der Waals surface area (Å²) < 4.78 is 0. The van der Waals surface area contributed by atoms with Crippen LogP contribution in [0.25, 0.3) is 6.08 Å². The van der Waals surface area contributed by atoms with E-state index in [0.29, 0.717) is 11.6 Å². The summed E-state index contributed by atoms with van der Waals surface area (Å²) in [5.41, 5.74) is 0.341. The van der Waals surface area contributed by atoms with E-state index in [0.717, 1.165) is 24.3 Å². The fourth-order valence-corrected chi connectivity index (χ4v) is 3.68. The molecular weight excluding hydrogens is 256 g/mol. The van der Waals surface area contributed by atoms with E-state index >= 15 is 0 Å². The molecule has 1 aromatic rings. The maximum atomic E-state index is 11.9. The van der Waals surface area contributed by atoms with Crippen molar-refractivity contribution in [2.24, 2.45) is 0 Å². The fourth-order valence-electron chi connectivity index (χ4n) is 3.06. The van der Waals surface area contributed by atoms with Crippen LogP contribution in [0.3, 0.4) is 0 Å². The number of thiophene rings is 1. The summed E-state index contributed by atoms with van der Waals surface area (Å²) in [6.07, 6.45) is 9.54. The smallest absolute Gasteiger partial charge is 0.244 e. The summed E-state index contributed by atoms with van der Waals surface area (Å²) in [5, 5.41) is 8.78. The Labute approximate surface area is 118 Å². The van der Waals surface area contributed by atoms with E-state index in [1.807, 2.05) is 23.6 Å². The van der Waals surface area contributed by atoms with Crippen LogP contribution in [-0.4, -0.2) is 24.0 Å². The highest BCUT2D eigenvalue weighted by Gasteiger charge is 2.40.